The van der Waals surface area contributed by atoms with E-state index < -0.39 is 0 Å². The van der Waals surface area contributed by atoms with Crippen molar-refractivity contribution in [1.29, 1.82) is 0 Å². The highest BCUT2D eigenvalue weighted by atomic mass is 16.2. The van der Waals surface area contributed by atoms with Crippen LogP contribution < -0.4 is 5.32 Å². The van der Waals surface area contributed by atoms with E-state index in [0.717, 1.165) is 45.1 Å². The van der Waals surface area contributed by atoms with E-state index in [2.05, 4.69) is 24.4 Å². The van der Waals surface area contributed by atoms with Crippen molar-refractivity contribution in [3.63, 3.8) is 0 Å². The predicted octanol–water partition coefficient (Wildman–Crippen LogP) is 1.87. The predicted molar refractivity (Wildman–Crippen MR) is 65.0 cm³/mol. The van der Waals surface area contributed by atoms with Gasteiger partial charge in [-0.3, -0.25) is 4.79 Å². The molecular weight excluding hydrogens is 202 g/mol. The second kappa shape index (κ2) is 6.69. The summed E-state index contributed by atoms with van der Waals surface area (Å²) < 4.78 is 0. The number of hydrogen-bond donors (Lipinski definition) is 2. The first kappa shape index (κ1) is 13.2. The number of carbonyl (C=O) groups is 1. The number of amides is 1. The normalized spacial score (nSPS) is 19.6. The van der Waals surface area contributed by atoms with E-state index in [9.17, 15) is 4.79 Å². The zero-order valence-electron chi connectivity index (χ0n) is 10.1. The summed E-state index contributed by atoms with van der Waals surface area (Å²) in [6.07, 6.45) is 10.5. The first-order valence-corrected chi connectivity index (χ1v) is 6.18. The second-order valence-corrected chi connectivity index (χ2v) is 4.83. The highest BCUT2D eigenvalue weighted by Gasteiger charge is 2.35. The molecule has 0 aromatic carbocycles. The highest BCUT2D eigenvalue weighted by molar-refractivity contribution is 5.45. The van der Waals surface area contributed by atoms with Crippen LogP contribution in [0.2, 0.25) is 0 Å². The molecule has 0 saturated heterocycles. The summed E-state index contributed by atoms with van der Waals surface area (Å²) >= 11 is 0. The lowest BCUT2D eigenvalue weighted by molar-refractivity contribution is -0.109. The summed E-state index contributed by atoms with van der Waals surface area (Å²) in [7, 11) is 0. The minimum Gasteiger partial charge on any atom is -0.396 e. The van der Waals surface area contributed by atoms with Gasteiger partial charge in [-0.2, -0.15) is 0 Å². The summed E-state index contributed by atoms with van der Waals surface area (Å²) in [5.74, 6) is 0.600. The molecular formula is C13H23NO2. The molecule has 3 heteroatoms. The average Bonchev–Trinajstić information content (AvgIpc) is 2.76. The topological polar surface area (TPSA) is 49.3 Å². The van der Waals surface area contributed by atoms with E-state index in [4.69, 9.17) is 5.11 Å². The molecule has 0 spiro atoms. The molecule has 2 N–H and O–H groups in total. The molecule has 0 unspecified atom stereocenters. The molecule has 0 aliphatic heterocycles. The van der Waals surface area contributed by atoms with Crippen LogP contribution in [0.15, 0.2) is 12.2 Å². The quantitative estimate of drug-likeness (QED) is 0.376. The van der Waals surface area contributed by atoms with Crippen molar-refractivity contribution < 1.29 is 9.90 Å². The van der Waals surface area contributed by atoms with Gasteiger partial charge in [0.25, 0.3) is 0 Å². The molecule has 1 atom stereocenters. The monoisotopic (exact) mass is 225 g/mol. The Morgan fingerprint density at radius 1 is 1.50 bits per heavy atom. The fraction of sp³-hybridized carbons (Fsp3) is 0.769. The summed E-state index contributed by atoms with van der Waals surface area (Å²) in [5.41, 5.74) is 0.311. The molecule has 0 aromatic heterocycles. The number of allylic oxidation sites excluding steroid dienone is 2. The second-order valence-electron chi connectivity index (χ2n) is 4.83. The third kappa shape index (κ3) is 3.34. The Bertz CT molecular complexity index is 230. The van der Waals surface area contributed by atoms with Crippen molar-refractivity contribution in [3.8, 4) is 0 Å². The van der Waals surface area contributed by atoms with Crippen LogP contribution in [0.5, 0.6) is 0 Å². The molecule has 0 heterocycles. The van der Waals surface area contributed by atoms with Gasteiger partial charge >= 0.3 is 0 Å². The van der Waals surface area contributed by atoms with E-state index in [-0.39, 0.29) is 6.61 Å². The maximum atomic E-state index is 10.3. The van der Waals surface area contributed by atoms with Gasteiger partial charge in [0.1, 0.15) is 0 Å². The molecule has 0 fully saturated rings. The van der Waals surface area contributed by atoms with E-state index >= 15 is 0 Å². The van der Waals surface area contributed by atoms with Gasteiger partial charge in [0.2, 0.25) is 6.41 Å². The summed E-state index contributed by atoms with van der Waals surface area (Å²) in [5, 5.41) is 11.6. The molecule has 1 aliphatic rings. The van der Waals surface area contributed by atoms with Crippen molar-refractivity contribution >= 4 is 6.41 Å². The van der Waals surface area contributed by atoms with Crippen molar-refractivity contribution in [3.05, 3.63) is 12.2 Å². The van der Waals surface area contributed by atoms with Crippen LogP contribution in [-0.2, 0) is 4.79 Å². The maximum absolute atomic E-state index is 10.3. The number of rotatable bonds is 8. The molecule has 1 rings (SSSR count). The fourth-order valence-corrected chi connectivity index (χ4v) is 2.66. The van der Waals surface area contributed by atoms with Crippen molar-refractivity contribution in [2.45, 2.75) is 39.0 Å². The number of aliphatic hydroxyl groups is 1. The van der Waals surface area contributed by atoms with Gasteiger partial charge in [-0.1, -0.05) is 19.1 Å². The Balaban J connectivity index is 2.47. The lowest BCUT2D eigenvalue weighted by Crippen LogP contribution is -2.30. The zero-order valence-corrected chi connectivity index (χ0v) is 10.1. The summed E-state index contributed by atoms with van der Waals surface area (Å²) in [4.78, 5) is 10.3. The van der Waals surface area contributed by atoms with E-state index in [1.165, 1.54) is 0 Å². The van der Waals surface area contributed by atoms with Crippen LogP contribution in [0.1, 0.15) is 39.0 Å². The average molecular weight is 225 g/mol. The van der Waals surface area contributed by atoms with Crippen molar-refractivity contribution in [2.75, 3.05) is 13.2 Å². The largest absolute Gasteiger partial charge is 0.396 e. The smallest absolute Gasteiger partial charge is 0.207 e. The molecule has 1 amide bonds. The highest BCUT2D eigenvalue weighted by Crippen LogP contribution is 2.45. The summed E-state index contributed by atoms with van der Waals surface area (Å²) in [6, 6.07) is 0. The van der Waals surface area contributed by atoms with Gasteiger partial charge < -0.3 is 10.4 Å². The first-order valence-electron chi connectivity index (χ1n) is 6.18. The van der Waals surface area contributed by atoms with Crippen LogP contribution in [0.25, 0.3) is 0 Å². The lowest BCUT2D eigenvalue weighted by atomic mass is 9.70. The van der Waals surface area contributed by atoms with Crippen LogP contribution in [0, 0.1) is 11.3 Å². The number of aliphatic hydroxyl groups excluding tert-OH is 1. The Morgan fingerprint density at radius 3 is 2.75 bits per heavy atom. The Kier molecular flexibility index (Phi) is 5.53. The van der Waals surface area contributed by atoms with Gasteiger partial charge in [0.05, 0.1) is 0 Å². The molecule has 92 valence electrons. The Hall–Kier alpha value is -0.830. The Labute approximate surface area is 97.9 Å². The third-order valence-corrected chi connectivity index (χ3v) is 3.91. The SMILES string of the molecule is C[C@@H](CCCO)C1(CCNC=O)CC=CC1. The lowest BCUT2D eigenvalue weighted by Gasteiger charge is -2.35. The molecule has 1 aliphatic carbocycles. The maximum Gasteiger partial charge on any atom is 0.207 e. The molecule has 3 nitrogen and oxygen atoms in total. The van der Waals surface area contributed by atoms with E-state index in [0.29, 0.717) is 11.3 Å². The molecule has 0 radical (unpaired) electrons. The third-order valence-electron chi connectivity index (χ3n) is 3.91. The molecule has 0 bridgehead atoms. The minimum absolute atomic E-state index is 0.278. The number of hydrogen-bond acceptors (Lipinski definition) is 2. The van der Waals surface area contributed by atoms with Crippen LogP contribution in [0.3, 0.4) is 0 Å². The van der Waals surface area contributed by atoms with Crippen LogP contribution in [0.4, 0.5) is 0 Å². The van der Waals surface area contributed by atoms with Gasteiger partial charge in [-0.05, 0) is 43.4 Å². The number of carbonyl (C=O) groups excluding carboxylic acids is 1. The van der Waals surface area contributed by atoms with E-state index in [1.807, 2.05) is 0 Å². The van der Waals surface area contributed by atoms with Crippen LogP contribution >= 0.6 is 0 Å². The zero-order chi connectivity index (χ0) is 11.9. The van der Waals surface area contributed by atoms with Crippen LogP contribution in [-0.4, -0.2) is 24.7 Å². The first-order chi connectivity index (χ1) is 7.75. The van der Waals surface area contributed by atoms with Crippen molar-refractivity contribution in [2.24, 2.45) is 11.3 Å². The molecule has 16 heavy (non-hydrogen) atoms. The summed E-state index contributed by atoms with van der Waals surface area (Å²) in [6.45, 7) is 3.30. The van der Waals surface area contributed by atoms with Crippen molar-refractivity contribution in [1.82, 2.24) is 5.32 Å². The molecule has 0 aromatic rings. The number of nitrogens with one attached hydrogen (secondary N) is 1. The molecule has 0 saturated carbocycles. The van der Waals surface area contributed by atoms with Gasteiger partial charge in [0, 0.05) is 13.2 Å². The Morgan fingerprint density at radius 2 is 2.19 bits per heavy atom. The van der Waals surface area contributed by atoms with Gasteiger partial charge in [0.15, 0.2) is 0 Å². The minimum atomic E-state index is 0.278. The fourth-order valence-electron chi connectivity index (χ4n) is 2.66. The van der Waals surface area contributed by atoms with Gasteiger partial charge in [-0.15, -0.1) is 0 Å². The van der Waals surface area contributed by atoms with Gasteiger partial charge in [-0.25, -0.2) is 0 Å². The van der Waals surface area contributed by atoms with E-state index in [1.54, 1.807) is 0 Å². The standard InChI is InChI=1S/C13H23NO2/c1-12(5-4-10-15)13(6-2-3-7-13)8-9-14-11-16/h2-3,11-12,15H,4-10H2,1H3,(H,14,16)/t12-/m0/s1.